The standard InChI is InChI=1S/C23H33NO2/c1-15-11-16(2)22(17(3)12-15)20-13-18(14-21(20)25)9-10-24-23(26)19-7-5-4-6-8-19/h11-12,18-20H,4-10,13-14H2,1-3H3,(H,24,26)/t18?,20-/m0/s1. The summed E-state index contributed by atoms with van der Waals surface area (Å²) in [5.74, 6) is 1.29. The second kappa shape index (κ2) is 8.37. The average molecular weight is 356 g/mol. The SMILES string of the molecule is Cc1cc(C)c([C@H]2CC(CCNC(=O)C3CCCCC3)CC2=O)c(C)c1. The van der Waals surface area contributed by atoms with Crippen molar-refractivity contribution in [3.63, 3.8) is 0 Å². The number of hydrogen-bond acceptors (Lipinski definition) is 2. The van der Waals surface area contributed by atoms with Gasteiger partial charge in [-0.25, -0.2) is 0 Å². The van der Waals surface area contributed by atoms with Crippen molar-refractivity contribution in [2.24, 2.45) is 11.8 Å². The van der Waals surface area contributed by atoms with Gasteiger partial charge in [0.2, 0.25) is 5.91 Å². The van der Waals surface area contributed by atoms with Gasteiger partial charge in [-0.1, -0.05) is 37.0 Å². The fourth-order valence-corrected chi connectivity index (χ4v) is 5.12. The predicted octanol–water partition coefficient (Wildman–Crippen LogP) is 4.76. The molecular weight excluding hydrogens is 322 g/mol. The van der Waals surface area contributed by atoms with Crippen molar-refractivity contribution in [2.75, 3.05) is 6.54 Å². The molecule has 2 aliphatic carbocycles. The van der Waals surface area contributed by atoms with Crippen molar-refractivity contribution in [2.45, 2.75) is 78.1 Å². The van der Waals surface area contributed by atoms with Gasteiger partial charge in [-0.2, -0.15) is 0 Å². The summed E-state index contributed by atoms with van der Waals surface area (Å²) in [4.78, 5) is 24.9. The van der Waals surface area contributed by atoms with Gasteiger partial charge in [0.15, 0.2) is 0 Å². The Morgan fingerprint density at radius 1 is 1.08 bits per heavy atom. The Kier molecular flexibility index (Phi) is 6.16. The van der Waals surface area contributed by atoms with Crippen LogP contribution in [0, 0.1) is 32.6 Å². The molecule has 0 bridgehead atoms. The average Bonchev–Trinajstić information content (AvgIpc) is 2.95. The molecule has 1 amide bonds. The summed E-state index contributed by atoms with van der Waals surface area (Å²) >= 11 is 0. The van der Waals surface area contributed by atoms with Gasteiger partial charge in [0.1, 0.15) is 5.78 Å². The maximum Gasteiger partial charge on any atom is 0.223 e. The van der Waals surface area contributed by atoms with E-state index in [-0.39, 0.29) is 17.7 Å². The first kappa shape index (κ1) is 19.1. The van der Waals surface area contributed by atoms with E-state index in [4.69, 9.17) is 0 Å². The van der Waals surface area contributed by atoms with Gasteiger partial charge < -0.3 is 5.32 Å². The first-order chi connectivity index (χ1) is 12.5. The van der Waals surface area contributed by atoms with Crippen LogP contribution in [0.5, 0.6) is 0 Å². The van der Waals surface area contributed by atoms with Crippen molar-refractivity contribution in [1.82, 2.24) is 5.32 Å². The zero-order valence-electron chi connectivity index (χ0n) is 16.6. The Morgan fingerprint density at radius 3 is 2.38 bits per heavy atom. The van der Waals surface area contributed by atoms with Crippen molar-refractivity contribution in [1.29, 1.82) is 0 Å². The summed E-state index contributed by atoms with van der Waals surface area (Å²) in [6.45, 7) is 7.07. The summed E-state index contributed by atoms with van der Waals surface area (Å²) in [5.41, 5.74) is 4.99. The molecule has 0 heterocycles. The van der Waals surface area contributed by atoms with Crippen LogP contribution in [0.2, 0.25) is 0 Å². The molecule has 1 aromatic rings. The highest BCUT2D eigenvalue weighted by Gasteiger charge is 2.35. The third-order valence-electron chi connectivity index (χ3n) is 6.36. The van der Waals surface area contributed by atoms with Crippen LogP contribution in [0.25, 0.3) is 0 Å². The van der Waals surface area contributed by atoms with E-state index < -0.39 is 0 Å². The third-order valence-corrected chi connectivity index (χ3v) is 6.36. The van der Waals surface area contributed by atoms with E-state index in [0.29, 0.717) is 24.7 Å². The van der Waals surface area contributed by atoms with Crippen molar-refractivity contribution in [3.8, 4) is 0 Å². The van der Waals surface area contributed by atoms with Crippen molar-refractivity contribution < 1.29 is 9.59 Å². The van der Waals surface area contributed by atoms with Crippen LogP contribution in [0.4, 0.5) is 0 Å². The first-order valence-electron chi connectivity index (χ1n) is 10.3. The highest BCUT2D eigenvalue weighted by Crippen LogP contribution is 2.39. The lowest BCUT2D eigenvalue weighted by atomic mass is 9.87. The van der Waals surface area contributed by atoms with Gasteiger partial charge in [0, 0.05) is 24.8 Å². The summed E-state index contributed by atoms with van der Waals surface area (Å²) < 4.78 is 0. The number of benzene rings is 1. The van der Waals surface area contributed by atoms with Gasteiger partial charge in [0.25, 0.3) is 0 Å². The quantitative estimate of drug-likeness (QED) is 0.827. The third kappa shape index (κ3) is 4.36. The normalized spacial score (nSPS) is 24.0. The molecule has 2 fully saturated rings. The summed E-state index contributed by atoms with van der Waals surface area (Å²) in [5, 5.41) is 3.13. The molecular formula is C23H33NO2. The zero-order chi connectivity index (χ0) is 18.7. The Morgan fingerprint density at radius 2 is 1.73 bits per heavy atom. The van der Waals surface area contributed by atoms with Crippen LogP contribution in [0.3, 0.4) is 0 Å². The molecule has 2 saturated carbocycles. The van der Waals surface area contributed by atoms with E-state index in [9.17, 15) is 9.59 Å². The minimum Gasteiger partial charge on any atom is -0.356 e. The molecule has 3 heteroatoms. The van der Waals surface area contributed by atoms with Crippen LogP contribution < -0.4 is 5.32 Å². The van der Waals surface area contributed by atoms with Crippen LogP contribution in [-0.4, -0.2) is 18.2 Å². The van der Waals surface area contributed by atoms with Gasteiger partial charge >= 0.3 is 0 Å². The number of nitrogens with one attached hydrogen (secondary N) is 1. The fourth-order valence-electron chi connectivity index (χ4n) is 5.12. The summed E-state index contributed by atoms with van der Waals surface area (Å²) in [7, 11) is 0. The number of aryl methyl sites for hydroxylation is 3. The molecule has 26 heavy (non-hydrogen) atoms. The van der Waals surface area contributed by atoms with Crippen molar-refractivity contribution >= 4 is 11.7 Å². The van der Waals surface area contributed by atoms with E-state index in [1.54, 1.807) is 0 Å². The lowest BCUT2D eigenvalue weighted by Crippen LogP contribution is -2.33. The number of rotatable bonds is 5. The van der Waals surface area contributed by atoms with E-state index in [2.05, 4.69) is 38.2 Å². The molecule has 2 aliphatic rings. The number of hydrogen-bond donors (Lipinski definition) is 1. The highest BCUT2D eigenvalue weighted by atomic mass is 16.2. The molecule has 1 unspecified atom stereocenters. The maximum absolute atomic E-state index is 12.6. The maximum atomic E-state index is 12.6. The molecule has 142 valence electrons. The van der Waals surface area contributed by atoms with Crippen LogP contribution in [0.1, 0.15) is 79.5 Å². The number of Topliss-reactive ketones (excluding diaryl/α,β-unsaturated/α-hetero) is 1. The topological polar surface area (TPSA) is 46.2 Å². The fraction of sp³-hybridized carbons (Fsp3) is 0.652. The number of carbonyl (C=O) groups is 2. The number of carbonyl (C=O) groups excluding carboxylic acids is 2. The smallest absolute Gasteiger partial charge is 0.223 e. The Bertz CT molecular complexity index is 650. The molecule has 3 rings (SSSR count). The van der Waals surface area contributed by atoms with Crippen molar-refractivity contribution in [3.05, 3.63) is 34.4 Å². The lowest BCUT2D eigenvalue weighted by Gasteiger charge is -2.21. The molecule has 0 spiro atoms. The van der Waals surface area contributed by atoms with E-state index in [1.165, 1.54) is 41.5 Å². The van der Waals surface area contributed by atoms with Gasteiger partial charge in [-0.15, -0.1) is 0 Å². The molecule has 3 nitrogen and oxygen atoms in total. The highest BCUT2D eigenvalue weighted by molar-refractivity contribution is 5.88. The second-order valence-electron chi connectivity index (χ2n) is 8.55. The van der Waals surface area contributed by atoms with Gasteiger partial charge in [-0.05, 0) is 69.1 Å². The molecule has 1 N–H and O–H groups in total. The molecule has 2 atom stereocenters. The van der Waals surface area contributed by atoms with E-state index >= 15 is 0 Å². The largest absolute Gasteiger partial charge is 0.356 e. The second-order valence-corrected chi connectivity index (χ2v) is 8.55. The minimum absolute atomic E-state index is 0.0506. The number of amides is 1. The minimum atomic E-state index is 0.0506. The van der Waals surface area contributed by atoms with E-state index in [0.717, 1.165) is 25.7 Å². The van der Waals surface area contributed by atoms with Gasteiger partial charge in [0.05, 0.1) is 0 Å². The molecule has 1 aromatic carbocycles. The summed E-state index contributed by atoms with van der Waals surface area (Å²) in [6, 6.07) is 4.38. The Hall–Kier alpha value is -1.64. The molecule has 0 radical (unpaired) electrons. The molecule has 0 aliphatic heterocycles. The van der Waals surface area contributed by atoms with Crippen LogP contribution in [0.15, 0.2) is 12.1 Å². The zero-order valence-corrected chi connectivity index (χ0v) is 16.6. The monoisotopic (exact) mass is 355 g/mol. The Labute approximate surface area is 157 Å². The Balaban J connectivity index is 1.53. The first-order valence-corrected chi connectivity index (χ1v) is 10.3. The number of ketones is 1. The van der Waals surface area contributed by atoms with Crippen LogP contribution >= 0.6 is 0 Å². The predicted molar refractivity (Wildman–Crippen MR) is 105 cm³/mol. The molecule has 0 saturated heterocycles. The summed E-state index contributed by atoms with van der Waals surface area (Å²) in [6.07, 6.45) is 8.25. The van der Waals surface area contributed by atoms with E-state index in [1.807, 2.05) is 0 Å². The van der Waals surface area contributed by atoms with Gasteiger partial charge in [-0.3, -0.25) is 9.59 Å². The lowest BCUT2D eigenvalue weighted by molar-refractivity contribution is -0.125. The molecule has 0 aromatic heterocycles. The van der Waals surface area contributed by atoms with Crippen LogP contribution in [-0.2, 0) is 9.59 Å².